The molecule has 0 aliphatic carbocycles. The zero-order valence-corrected chi connectivity index (χ0v) is 22.4. The van der Waals surface area contributed by atoms with Crippen molar-refractivity contribution in [1.82, 2.24) is 19.5 Å². The molecule has 2 aliphatic heterocycles. The van der Waals surface area contributed by atoms with Crippen LogP contribution in [0.2, 0.25) is 5.02 Å². The molecule has 2 aliphatic rings. The summed E-state index contributed by atoms with van der Waals surface area (Å²) >= 11 is 7.47. The second kappa shape index (κ2) is 10.8. The number of aliphatic imine (C=N–C) groups is 1. The van der Waals surface area contributed by atoms with Crippen molar-refractivity contribution in [2.24, 2.45) is 4.99 Å². The highest BCUT2D eigenvalue weighted by atomic mass is 35.5. The van der Waals surface area contributed by atoms with Crippen molar-refractivity contribution in [2.75, 3.05) is 19.6 Å². The molecule has 11 heteroatoms. The monoisotopic (exact) mass is 548 g/mol. The summed E-state index contributed by atoms with van der Waals surface area (Å²) in [6.07, 6.45) is 1.52. The molecule has 5 rings (SSSR count). The molecule has 38 heavy (non-hydrogen) atoms. The molecule has 3 heterocycles. The number of aromatic nitrogens is 1. The Morgan fingerprint density at radius 1 is 1.24 bits per heavy atom. The zero-order chi connectivity index (χ0) is 26.8. The molecule has 0 bridgehead atoms. The molecule has 3 amide bonds. The Bertz CT molecular complexity index is 1420. The molecular formula is C27H25ClN6O3S. The van der Waals surface area contributed by atoms with Crippen LogP contribution in [-0.2, 0) is 4.79 Å². The van der Waals surface area contributed by atoms with Crippen molar-refractivity contribution < 1.29 is 14.3 Å². The van der Waals surface area contributed by atoms with Crippen molar-refractivity contribution >= 4 is 40.9 Å². The van der Waals surface area contributed by atoms with Crippen LogP contribution >= 0.6 is 23.1 Å². The molecule has 3 aromatic rings. The standard InChI is InChI=1S/C27H25ClN6O3S/c1-16(2)37-21-13-17(14-29)3-8-20(21)26-32-24(18-4-6-19(28)7-5-18)25(22-9-10-31-38-22)34(26)27(36)33-12-11-30-23(35)15-33/h3-10,13,16,24-25H,11-12,15H2,1-2H3,(H,30,35). The summed E-state index contributed by atoms with van der Waals surface area (Å²) in [5.41, 5.74) is 1.89. The molecule has 1 aromatic heterocycles. The number of nitrogens with zero attached hydrogens (tertiary/aromatic N) is 5. The Morgan fingerprint density at radius 2 is 2.03 bits per heavy atom. The maximum Gasteiger partial charge on any atom is 0.326 e. The van der Waals surface area contributed by atoms with Gasteiger partial charge in [-0.25, -0.2) is 9.17 Å². The molecule has 0 radical (unpaired) electrons. The molecular weight excluding hydrogens is 524 g/mol. The second-order valence-corrected chi connectivity index (χ2v) is 10.5. The van der Waals surface area contributed by atoms with Crippen molar-refractivity contribution in [3.63, 3.8) is 0 Å². The van der Waals surface area contributed by atoms with E-state index in [-0.39, 0.29) is 24.6 Å². The number of urea groups is 1. The van der Waals surface area contributed by atoms with Gasteiger partial charge in [0.2, 0.25) is 5.91 Å². The first-order chi connectivity index (χ1) is 18.4. The first-order valence-electron chi connectivity index (χ1n) is 12.2. The van der Waals surface area contributed by atoms with E-state index in [1.807, 2.05) is 32.0 Å². The Balaban J connectivity index is 1.69. The predicted molar refractivity (Wildman–Crippen MR) is 144 cm³/mol. The third kappa shape index (κ3) is 5.08. The summed E-state index contributed by atoms with van der Waals surface area (Å²) in [7, 11) is 0. The van der Waals surface area contributed by atoms with E-state index in [2.05, 4.69) is 15.8 Å². The topological polar surface area (TPSA) is 111 Å². The first kappa shape index (κ1) is 25.7. The van der Waals surface area contributed by atoms with Crippen LogP contribution in [0.5, 0.6) is 5.75 Å². The number of hydrogen-bond donors (Lipinski definition) is 1. The quantitative estimate of drug-likeness (QED) is 0.503. The Hall–Kier alpha value is -3.94. The van der Waals surface area contributed by atoms with Crippen LogP contribution in [0.3, 0.4) is 0 Å². The molecule has 1 N–H and O–H groups in total. The molecule has 2 aromatic carbocycles. The Labute approximate surface area is 229 Å². The summed E-state index contributed by atoms with van der Waals surface area (Å²) in [6.45, 7) is 4.48. The number of rotatable bonds is 5. The van der Waals surface area contributed by atoms with Crippen molar-refractivity contribution in [1.29, 1.82) is 5.26 Å². The lowest BCUT2D eigenvalue weighted by molar-refractivity contribution is -0.123. The van der Waals surface area contributed by atoms with E-state index in [9.17, 15) is 14.9 Å². The van der Waals surface area contributed by atoms with Crippen LogP contribution in [0.25, 0.3) is 0 Å². The van der Waals surface area contributed by atoms with E-state index in [4.69, 9.17) is 21.3 Å². The van der Waals surface area contributed by atoms with Gasteiger partial charge in [0.05, 0.1) is 28.2 Å². The van der Waals surface area contributed by atoms with Gasteiger partial charge in [-0.05, 0) is 67.3 Å². The molecule has 194 valence electrons. The van der Waals surface area contributed by atoms with Crippen molar-refractivity contribution in [3.05, 3.63) is 81.3 Å². The fourth-order valence-corrected chi connectivity index (χ4v) is 5.44. The number of halogens is 1. The average molecular weight is 549 g/mol. The molecule has 1 saturated heterocycles. The number of piperazine rings is 1. The van der Waals surface area contributed by atoms with E-state index < -0.39 is 12.1 Å². The van der Waals surface area contributed by atoms with Crippen molar-refractivity contribution in [2.45, 2.75) is 32.0 Å². The average Bonchev–Trinajstić information content (AvgIpc) is 3.56. The maximum atomic E-state index is 14.2. The first-order valence-corrected chi connectivity index (χ1v) is 13.3. The van der Waals surface area contributed by atoms with Gasteiger partial charge in [0.25, 0.3) is 0 Å². The minimum atomic E-state index is -0.515. The normalized spacial score (nSPS) is 19.2. The van der Waals surface area contributed by atoms with E-state index >= 15 is 0 Å². The van der Waals surface area contributed by atoms with Crippen LogP contribution in [0.15, 0.2) is 59.7 Å². The number of nitrogens with one attached hydrogen (secondary N) is 1. The van der Waals surface area contributed by atoms with Gasteiger partial charge in [-0.3, -0.25) is 14.7 Å². The Kier molecular flexibility index (Phi) is 7.31. The molecule has 0 spiro atoms. The van der Waals surface area contributed by atoms with E-state index in [0.717, 1.165) is 10.4 Å². The van der Waals surface area contributed by atoms with Crippen LogP contribution in [0.4, 0.5) is 4.79 Å². The molecule has 1 fully saturated rings. The van der Waals surface area contributed by atoms with E-state index in [0.29, 0.717) is 40.8 Å². The Morgan fingerprint density at radius 3 is 2.68 bits per heavy atom. The number of amides is 3. The molecule has 2 atom stereocenters. The lowest BCUT2D eigenvalue weighted by atomic mass is 9.98. The summed E-state index contributed by atoms with van der Waals surface area (Å²) in [5.74, 6) is 0.638. The van der Waals surface area contributed by atoms with Crippen LogP contribution in [0.1, 0.15) is 47.5 Å². The lowest BCUT2D eigenvalue weighted by Gasteiger charge is -2.35. The summed E-state index contributed by atoms with van der Waals surface area (Å²) in [5, 5.41) is 12.9. The van der Waals surface area contributed by atoms with Gasteiger partial charge in [0.15, 0.2) is 0 Å². The largest absolute Gasteiger partial charge is 0.490 e. The molecule has 2 unspecified atom stereocenters. The van der Waals surface area contributed by atoms with Gasteiger partial charge < -0.3 is 15.0 Å². The van der Waals surface area contributed by atoms with Gasteiger partial charge in [0.1, 0.15) is 30.2 Å². The van der Waals surface area contributed by atoms with E-state index in [1.165, 1.54) is 16.4 Å². The number of benzene rings is 2. The molecule has 9 nitrogen and oxygen atoms in total. The number of amidine groups is 1. The zero-order valence-electron chi connectivity index (χ0n) is 20.8. The maximum absolute atomic E-state index is 14.2. The smallest absolute Gasteiger partial charge is 0.326 e. The fraction of sp³-hybridized carbons (Fsp3) is 0.296. The number of carbonyl (C=O) groups is 2. The van der Waals surface area contributed by atoms with Crippen LogP contribution in [0, 0.1) is 11.3 Å². The minimum Gasteiger partial charge on any atom is -0.490 e. The predicted octanol–water partition coefficient (Wildman–Crippen LogP) is 4.55. The summed E-state index contributed by atoms with van der Waals surface area (Å²) < 4.78 is 10.4. The number of hydrogen-bond acceptors (Lipinski definition) is 7. The third-order valence-electron chi connectivity index (χ3n) is 6.26. The summed E-state index contributed by atoms with van der Waals surface area (Å²) in [4.78, 5) is 35.5. The minimum absolute atomic E-state index is 0.0492. The van der Waals surface area contributed by atoms with E-state index in [1.54, 1.807) is 41.4 Å². The van der Waals surface area contributed by atoms with Crippen molar-refractivity contribution in [3.8, 4) is 11.8 Å². The van der Waals surface area contributed by atoms with Gasteiger partial charge >= 0.3 is 6.03 Å². The third-order valence-corrected chi connectivity index (χ3v) is 7.32. The summed E-state index contributed by atoms with van der Waals surface area (Å²) in [6, 6.07) is 15.2. The molecule has 0 saturated carbocycles. The highest BCUT2D eigenvalue weighted by Crippen LogP contribution is 2.46. The van der Waals surface area contributed by atoms with Gasteiger partial charge in [-0.2, -0.15) is 5.26 Å². The highest BCUT2D eigenvalue weighted by molar-refractivity contribution is 7.05. The second-order valence-electron chi connectivity index (χ2n) is 9.22. The SMILES string of the molecule is CC(C)Oc1cc(C#N)ccc1C1=NC(c2ccc(Cl)cc2)C(c2ccns2)N1C(=O)N1CCNC(=O)C1. The number of carbonyl (C=O) groups excluding carboxylic acids is 2. The highest BCUT2D eigenvalue weighted by Gasteiger charge is 2.45. The lowest BCUT2D eigenvalue weighted by Crippen LogP contribution is -2.55. The number of ether oxygens (including phenoxy) is 1. The fourth-order valence-electron chi connectivity index (χ4n) is 4.61. The van der Waals surface area contributed by atoms with Crippen LogP contribution < -0.4 is 10.1 Å². The number of nitriles is 1. The van der Waals surface area contributed by atoms with Gasteiger partial charge in [-0.1, -0.05) is 23.7 Å². The van der Waals surface area contributed by atoms with Gasteiger partial charge in [0, 0.05) is 24.3 Å². The van der Waals surface area contributed by atoms with Crippen LogP contribution in [-0.4, -0.2) is 57.7 Å². The van der Waals surface area contributed by atoms with Gasteiger partial charge in [-0.15, -0.1) is 0 Å².